The molecule has 0 radical (unpaired) electrons. The largest absolute Gasteiger partial charge is 0.376 e. The van der Waals surface area contributed by atoms with E-state index in [4.69, 9.17) is 16.3 Å². The van der Waals surface area contributed by atoms with E-state index < -0.39 is 16.1 Å². The van der Waals surface area contributed by atoms with E-state index in [0.29, 0.717) is 30.3 Å². The minimum atomic E-state index is -3.65. The van der Waals surface area contributed by atoms with Gasteiger partial charge in [-0.25, -0.2) is 8.42 Å². The van der Waals surface area contributed by atoms with Crippen LogP contribution in [0.4, 0.5) is 5.69 Å². The molecule has 134 valence electrons. The van der Waals surface area contributed by atoms with Crippen molar-refractivity contribution in [2.75, 3.05) is 23.7 Å². The van der Waals surface area contributed by atoms with Crippen LogP contribution in [0.3, 0.4) is 0 Å². The van der Waals surface area contributed by atoms with Gasteiger partial charge in [0.15, 0.2) is 0 Å². The Kier molecular flexibility index (Phi) is 6.48. The van der Waals surface area contributed by atoms with Gasteiger partial charge in [0.1, 0.15) is 6.04 Å². The maximum atomic E-state index is 12.6. The van der Waals surface area contributed by atoms with Crippen LogP contribution in [0.5, 0.6) is 0 Å². The van der Waals surface area contributed by atoms with Crippen LogP contribution in [0.2, 0.25) is 5.02 Å². The second-order valence-corrected chi connectivity index (χ2v) is 8.14. The molecule has 1 fully saturated rings. The Hall–Kier alpha value is -1.31. The highest BCUT2D eigenvalue weighted by Gasteiger charge is 2.32. The molecule has 0 saturated carbocycles. The fourth-order valence-electron chi connectivity index (χ4n) is 2.81. The highest BCUT2D eigenvalue weighted by atomic mass is 35.5. The van der Waals surface area contributed by atoms with Crippen molar-refractivity contribution in [2.24, 2.45) is 0 Å². The molecule has 0 unspecified atom stereocenters. The highest BCUT2D eigenvalue weighted by molar-refractivity contribution is 7.92. The molecule has 1 N–H and O–H groups in total. The molecule has 1 heterocycles. The van der Waals surface area contributed by atoms with E-state index in [9.17, 15) is 13.2 Å². The number of rotatable bonds is 7. The molecule has 1 aliphatic heterocycles. The van der Waals surface area contributed by atoms with Crippen molar-refractivity contribution in [1.82, 2.24) is 5.32 Å². The normalized spacial score (nSPS) is 19.0. The van der Waals surface area contributed by atoms with Crippen molar-refractivity contribution in [1.29, 1.82) is 0 Å². The number of ether oxygens (including phenoxy) is 1. The molecule has 0 aliphatic carbocycles. The number of hydrogen-bond donors (Lipinski definition) is 1. The molecule has 0 spiro atoms. The van der Waals surface area contributed by atoms with Crippen molar-refractivity contribution in [3.05, 3.63) is 29.3 Å². The van der Waals surface area contributed by atoms with E-state index in [1.807, 2.05) is 0 Å². The monoisotopic (exact) mass is 374 g/mol. The summed E-state index contributed by atoms with van der Waals surface area (Å²) in [7, 11) is -3.65. The molecule has 1 aromatic rings. The van der Waals surface area contributed by atoms with Gasteiger partial charge in [0.25, 0.3) is 0 Å². The first-order valence-electron chi connectivity index (χ1n) is 7.97. The van der Waals surface area contributed by atoms with E-state index in [1.54, 1.807) is 31.2 Å². The summed E-state index contributed by atoms with van der Waals surface area (Å²) in [4.78, 5) is 12.6. The van der Waals surface area contributed by atoms with Gasteiger partial charge in [-0.05, 0) is 37.5 Å². The molecular weight excluding hydrogens is 352 g/mol. The Morgan fingerprint density at radius 2 is 2.25 bits per heavy atom. The summed E-state index contributed by atoms with van der Waals surface area (Å²) >= 11 is 5.98. The standard InChI is InChI=1S/C16H23ClN2O4S/c1-3-15(16(20)18-11-14-8-5-9-23-14)19(24(2,21)22)13-7-4-6-12(17)10-13/h4,6-7,10,14-15H,3,5,8-9,11H2,1-2H3,(H,18,20)/t14-,15+/m0/s1. The molecule has 1 aliphatic rings. The first kappa shape index (κ1) is 19.0. The third-order valence-corrected chi connectivity index (χ3v) is 5.34. The number of carbonyl (C=O) groups excluding carboxylic acids is 1. The van der Waals surface area contributed by atoms with Crippen LogP contribution >= 0.6 is 11.6 Å². The van der Waals surface area contributed by atoms with Gasteiger partial charge in [0.05, 0.1) is 18.0 Å². The third-order valence-electron chi connectivity index (χ3n) is 3.92. The molecule has 0 bridgehead atoms. The van der Waals surface area contributed by atoms with Crippen LogP contribution in [-0.2, 0) is 19.6 Å². The minimum absolute atomic E-state index is 0.00399. The summed E-state index contributed by atoms with van der Waals surface area (Å²) < 4.78 is 31.2. The van der Waals surface area contributed by atoms with E-state index in [1.165, 1.54) is 0 Å². The molecule has 0 aromatic heterocycles. The number of anilines is 1. The van der Waals surface area contributed by atoms with Gasteiger partial charge < -0.3 is 10.1 Å². The van der Waals surface area contributed by atoms with Gasteiger partial charge in [-0.15, -0.1) is 0 Å². The summed E-state index contributed by atoms with van der Waals surface area (Å²) in [6, 6.07) is 5.65. The quantitative estimate of drug-likeness (QED) is 0.793. The second kappa shape index (κ2) is 8.18. The lowest BCUT2D eigenvalue weighted by Crippen LogP contribution is -2.50. The number of halogens is 1. The van der Waals surface area contributed by atoms with Crippen LogP contribution in [0.25, 0.3) is 0 Å². The summed E-state index contributed by atoms with van der Waals surface area (Å²) in [6.07, 6.45) is 3.32. The highest BCUT2D eigenvalue weighted by Crippen LogP contribution is 2.25. The predicted molar refractivity (Wildman–Crippen MR) is 94.8 cm³/mol. The zero-order valence-corrected chi connectivity index (χ0v) is 15.4. The Bertz CT molecular complexity index is 674. The van der Waals surface area contributed by atoms with Gasteiger partial charge in [0.2, 0.25) is 15.9 Å². The maximum absolute atomic E-state index is 12.6. The molecule has 24 heavy (non-hydrogen) atoms. The number of benzene rings is 1. The third kappa shape index (κ3) is 4.84. The first-order chi connectivity index (χ1) is 11.3. The number of hydrogen-bond acceptors (Lipinski definition) is 4. The Morgan fingerprint density at radius 1 is 1.50 bits per heavy atom. The van der Waals surface area contributed by atoms with Crippen LogP contribution in [-0.4, -0.2) is 45.9 Å². The summed E-state index contributed by atoms with van der Waals surface area (Å²) in [5.74, 6) is -0.335. The maximum Gasteiger partial charge on any atom is 0.243 e. The van der Waals surface area contributed by atoms with Gasteiger partial charge in [-0.2, -0.15) is 0 Å². The van der Waals surface area contributed by atoms with Crippen molar-refractivity contribution in [3.8, 4) is 0 Å². The average molecular weight is 375 g/mol. The number of nitrogens with one attached hydrogen (secondary N) is 1. The average Bonchev–Trinajstić information content (AvgIpc) is 3.02. The van der Waals surface area contributed by atoms with E-state index in [2.05, 4.69) is 5.32 Å². The van der Waals surface area contributed by atoms with Gasteiger partial charge in [-0.3, -0.25) is 9.10 Å². The predicted octanol–water partition coefficient (Wildman–Crippen LogP) is 2.18. The number of carbonyl (C=O) groups is 1. The van der Waals surface area contributed by atoms with Crippen molar-refractivity contribution < 1.29 is 17.9 Å². The van der Waals surface area contributed by atoms with Gasteiger partial charge in [0, 0.05) is 18.2 Å². The topological polar surface area (TPSA) is 75.7 Å². The smallest absolute Gasteiger partial charge is 0.243 e. The lowest BCUT2D eigenvalue weighted by atomic mass is 10.1. The molecule has 1 saturated heterocycles. The molecule has 8 heteroatoms. The number of nitrogens with zero attached hydrogens (tertiary/aromatic N) is 1. The van der Waals surface area contributed by atoms with Crippen LogP contribution < -0.4 is 9.62 Å². The molecule has 2 rings (SSSR count). The van der Waals surface area contributed by atoms with Gasteiger partial charge >= 0.3 is 0 Å². The van der Waals surface area contributed by atoms with Crippen LogP contribution in [0.15, 0.2) is 24.3 Å². The molecule has 1 amide bonds. The molecule has 2 atom stereocenters. The molecular formula is C16H23ClN2O4S. The van der Waals surface area contributed by atoms with Crippen LogP contribution in [0, 0.1) is 0 Å². The minimum Gasteiger partial charge on any atom is -0.376 e. The number of amides is 1. The summed E-state index contributed by atoms with van der Waals surface area (Å²) in [6.45, 7) is 2.87. The first-order valence-corrected chi connectivity index (χ1v) is 10.2. The van der Waals surface area contributed by atoms with Crippen molar-refractivity contribution >= 4 is 33.2 Å². The fourth-order valence-corrected chi connectivity index (χ4v) is 4.20. The Morgan fingerprint density at radius 3 is 2.79 bits per heavy atom. The van der Waals surface area contributed by atoms with Crippen LogP contribution in [0.1, 0.15) is 26.2 Å². The summed E-state index contributed by atoms with van der Waals surface area (Å²) in [5, 5.41) is 3.22. The Balaban J connectivity index is 2.20. The fraction of sp³-hybridized carbons (Fsp3) is 0.562. The van der Waals surface area contributed by atoms with Crippen molar-refractivity contribution in [3.63, 3.8) is 0 Å². The van der Waals surface area contributed by atoms with Crippen molar-refractivity contribution in [2.45, 2.75) is 38.3 Å². The van der Waals surface area contributed by atoms with Gasteiger partial charge in [-0.1, -0.05) is 24.6 Å². The number of sulfonamides is 1. The van der Waals surface area contributed by atoms with E-state index in [0.717, 1.165) is 23.4 Å². The van der Waals surface area contributed by atoms with E-state index in [-0.39, 0.29) is 12.0 Å². The molecule has 6 nitrogen and oxygen atoms in total. The lowest BCUT2D eigenvalue weighted by molar-refractivity contribution is -0.122. The van der Waals surface area contributed by atoms with E-state index >= 15 is 0 Å². The SMILES string of the molecule is CC[C@H](C(=O)NC[C@@H]1CCCO1)N(c1cccc(Cl)c1)S(C)(=O)=O. The Labute approximate surface area is 148 Å². The zero-order chi connectivity index (χ0) is 17.7. The zero-order valence-electron chi connectivity index (χ0n) is 13.9. The second-order valence-electron chi connectivity index (χ2n) is 5.84. The lowest BCUT2D eigenvalue weighted by Gasteiger charge is -2.30. The molecule has 1 aromatic carbocycles. The summed E-state index contributed by atoms with van der Waals surface area (Å²) in [5.41, 5.74) is 0.379.